The number of rotatable bonds is 4. The molecule has 5 nitrogen and oxygen atoms in total. The molecule has 0 unspecified atom stereocenters. The van der Waals surface area contributed by atoms with Gasteiger partial charge in [-0.2, -0.15) is 0 Å². The van der Waals surface area contributed by atoms with Gasteiger partial charge in [-0.25, -0.2) is 4.79 Å². The number of piperidine rings is 1. The average Bonchev–Trinajstić information content (AvgIpc) is 2.74. The Kier molecular flexibility index (Phi) is 6.30. The van der Waals surface area contributed by atoms with Crippen LogP contribution in [0.2, 0.25) is 0 Å². The molecular formula is C22H33N3O2. The summed E-state index contributed by atoms with van der Waals surface area (Å²) in [5.41, 5.74) is 2.99. The van der Waals surface area contributed by atoms with Gasteiger partial charge >= 0.3 is 6.03 Å². The molecule has 0 bridgehead atoms. The van der Waals surface area contributed by atoms with E-state index in [1.165, 1.54) is 24.0 Å². The Morgan fingerprint density at radius 2 is 1.89 bits per heavy atom. The molecule has 1 atom stereocenters. The number of nitrogens with one attached hydrogen (secondary N) is 1. The molecule has 2 amide bonds. The summed E-state index contributed by atoms with van der Waals surface area (Å²) in [7, 11) is 0. The van der Waals surface area contributed by atoms with Crippen LogP contribution in [-0.4, -0.2) is 60.8 Å². The van der Waals surface area contributed by atoms with E-state index in [9.17, 15) is 4.79 Å². The summed E-state index contributed by atoms with van der Waals surface area (Å²) >= 11 is 0. The first-order valence-corrected chi connectivity index (χ1v) is 10.7. The van der Waals surface area contributed by atoms with Gasteiger partial charge in [0, 0.05) is 45.4 Å². The SMILES string of the molecule is O=C(NCC[C@H]1CCCCO1)N1CCC(N2CCc3ccccc3C2)CC1. The van der Waals surface area contributed by atoms with Crippen LogP contribution in [0.4, 0.5) is 4.79 Å². The summed E-state index contributed by atoms with van der Waals surface area (Å²) in [5.74, 6) is 0. The Morgan fingerprint density at radius 1 is 1.07 bits per heavy atom. The van der Waals surface area contributed by atoms with Crippen molar-refractivity contribution in [2.75, 3.05) is 32.8 Å². The van der Waals surface area contributed by atoms with Crippen molar-refractivity contribution >= 4 is 6.03 Å². The van der Waals surface area contributed by atoms with E-state index < -0.39 is 0 Å². The molecule has 2 saturated heterocycles. The first-order valence-electron chi connectivity index (χ1n) is 10.7. The topological polar surface area (TPSA) is 44.8 Å². The fourth-order valence-corrected chi connectivity index (χ4v) is 4.75. The molecule has 0 aromatic heterocycles. The monoisotopic (exact) mass is 371 g/mol. The lowest BCUT2D eigenvalue weighted by Gasteiger charge is -2.40. The second-order valence-corrected chi connectivity index (χ2v) is 8.22. The lowest BCUT2D eigenvalue weighted by Crippen LogP contribution is -2.50. The smallest absolute Gasteiger partial charge is 0.317 e. The van der Waals surface area contributed by atoms with E-state index in [0.29, 0.717) is 12.1 Å². The third-order valence-electron chi connectivity index (χ3n) is 6.44. The molecule has 27 heavy (non-hydrogen) atoms. The van der Waals surface area contributed by atoms with Gasteiger partial charge in [0.05, 0.1) is 6.10 Å². The number of likely N-dealkylation sites (tertiary alicyclic amines) is 1. The highest BCUT2D eigenvalue weighted by molar-refractivity contribution is 5.74. The average molecular weight is 372 g/mol. The number of fused-ring (bicyclic) bond motifs is 1. The Labute approximate surface area is 163 Å². The van der Waals surface area contributed by atoms with Gasteiger partial charge in [0.25, 0.3) is 0 Å². The second-order valence-electron chi connectivity index (χ2n) is 8.22. The van der Waals surface area contributed by atoms with E-state index >= 15 is 0 Å². The molecule has 0 aliphatic carbocycles. The Balaban J connectivity index is 1.18. The predicted molar refractivity (Wildman–Crippen MR) is 107 cm³/mol. The number of nitrogens with zero attached hydrogens (tertiary/aromatic N) is 2. The number of ether oxygens (including phenoxy) is 1. The minimum atomic E-state index is 0.105. The molecule has 1 N–H and O–H groups in total. The third kappa shape index (κ3) is 4.82. The van der Waals surface area contributed by atoms with Crippen LogP contribution < -0.4 is 5.32 Å². The normalized spacial score (nSPS) is 24.4. The maximum atomic E-state index is 12.4. The van der Waals surface area contributed by atoms with Crippen LogP contribution in [0.25, 0.3) is 0 Å². The minimum Gasteiger partial charge on any atom is -0.378 e. The van der Waals surface area contributed by atoms with Crippen molar-refractivity contribution in [3.63, 3.8) is 0 Å². The number of hydrogen-bond acceptors (Lipinski definition) is 3. The van der Waals surface area contributed by atoms with Crippen LogP contribution in [0, 0.1) is 0 Å². The van der Waals surface area contributed by atoms with E-state index in [4.69, 9.17) is 4.74 Å². The van der Waals surface area contributed by atoms with E-state index in [1.54, 1.807) is 0 Å². The zero-order valence-electron chi connectivity index (χ0n) is 16.4. The number of urea groups is 1. The molecule has 1 aromatic rings. The van der Waals surface area contributed by atoms with Crippen molar-refractivity contribution in [3.8, 4) is 0 Å². The predicted octanol–water partition coefficient (Wildman–Crippen LogP) is 3.18. The molecule has 2 fully saturated rings. The molecule has 0 saturated carbocycles. The summed E-state index contributed by atoms with van der Waals surface area (Å²) in [6, 6.07) is 9.53. The molecule has 0 spiro atoms. The van der Waals surface area contributed by atoms with Crippen LogP contribution in [0.1, 0.15) is 49.7 Å². The van der Waals surface area contributed by atoms with Crippen LogP contribution in [0.3, 0.4) is 0 Å². The minimum absolute atomic E-state index is 0.105. The molecule has 4 rings (SSSR count). The van der Waals surface area contributed by atoms with Crippen LogP contribution >= 0.6 is 0 Å². The number of amides is 2. The van der Waals surface area contributed by atoms with Crippen molar-refractivity contribution in [1.29, 1.82) is 0 Å². The number of carbonyl (C=O) groups is 1. The highest BCUT2D eigenvalue weighted by atomic mass is 16.5. The van der Waals surface area contributed by atoms with Crippen molar-refractivity contribution in [3.05, 3.63) is 35.4 Å². The van der Waals surface area contributed by atoms with Gasteiger partial charge in [-0.3, -0.25) is 4.90 Å². The highest BCUT2D eigenvalue weighted by Crippen LogP contribution is 2.25. The molecule has 148 valence electrons. The molecule has 5 heteroatoms. The number of hydrogen-bond donors (Lipinski definition) is 1. The Bertz CT molecular complexity index is 622. The van der Waals surface area contributed by atoms with Crippen LogP contribution in [0.15, 0.2) is 24.3 Å². The van der Waals surface area contributed by atoms with Gasteiger partial charge in [-0.1, -0.05) is 24.3 Å². The largest absolute Gasteiger partial charge is 0.378 e. The summed E-state index contributed by atoms with van der Waals surface area (Å²) in [4.78, 5) is 17.1. The zero-order valence-corrected chi connectivity index (χ0v) is 16.4. The Hall–Kier alpha value is -1.59. The van der Waals surface area contributed by atoms with Crippen LogP contribution in [-0.2, 0) is 17.7 Å². The van der Waals surface area contributed by atoms with Crippen LogP contribution in [0.5, 0.6) is 0 Å². The highest BCUT2D eigenvalue weighted by Gasteiger charge is 2.28. The quantitative estimate of drug-likeness (QED) is 0.884. The van der Waals surface area contributed by atoms with Gasteiger partial charge in [0.2, 0.25) is 0 Å². The first-order chi connectivity index (χ1) is 13.3. The lowest BCUT2D eigenvalue weighted by molar-refractivity contribution is 0.0117. The number of benzene rings is 1. The second kappa shape index (κ2) is 9.07. The standard InChI is InChI=1S/C22H33N3O2/c26-22(23-12-8-21-7-3-4-16-27-21)24-14-10-20(11-15-24)25-13-9-18-5-1-2-6-19(18)17-25/h1-2,5-6,20-21H,3-4,7-17H2,(H,23,26)/t21-/m1/s1. The molecule has 1 aromatic carbocycles. The van der Waals surface area contributed by atoms with Crippen molar-refractivity contribution in [2.45, 2.75) is 63.6 Å². The van der Waals surface area contributed by atoms with E-state index in [-0.39, 0.29) is 6.03 Å². The molecule has 3 aliphatic rings. The molecular weight excluding hydrogens is 338 g/mol. The van der Waals surface area contributed by atoms with Gasteiger partial charge in [0.15, 0.2) is 0 Å². The maximum Gasteiger partial charge on any atom is 0.317 e. The maximum absolute atomic E-state index is 12.4. The van der Waals surface area contributed by atoms with Crippen molar-refractivity contribution in [1.82, 2.24) is 15.1 Å². The fraction of sp³-hybridized carbons (Fsp3) is 0.682. The summed E-state index contributed by atoms with van der Waals surface area (Å²) in [6.07, 6.45) is 8.18. The first kappa shape index (κ1) is 18.8. The van der Waals surface area contributed by atoms with Gasteiger partial charge in [-0.05, 0) is 56.1 Å². The molecule has 3 aliphatic heterocycles. The van der Waals surface area contributed by atoms with Gasteiger partial charge in [0.1, 0.15) is 0 Å². The zero-order chi connectivity index (χ0) is 18.5. The molecule has 0 radical (unpaired) electrons. The van der Waals surface area contributed by atoms with E-state index in [0.717, 1.165) is 71.4 Å². The van der Waals surface area contributed by atoms with Gasteiger partial charge < -0.3 is 15.0 Å². The van der Waals surface area contributed by atoms with E-state index in [1.807, 2.05) is 4.90 Å². The fourth-order valence-electron chi connectivity index (χ4n) is 4.75. The molecule has 3 heterocycles. The summed E-state index contributed by atoms with van der Waals surface area (Å²) in [5, 5.41) is 3.10. The Morgan fingerprint density at radius 3 is 2.67 bits per heavy atom. The van der Waals surface area contributed by atoms with Crippen molar-refractivity contribution in [2.24, 2.45) is 0 Å². The summed E-state index contributed by atoms with van der Waals surface area (Å²) < 4.78 is 5.74. The van der Waals surface area contributed by atoms with E-state index in [2.05, 4.69) is 34.5 Å². The lowest BCUT2D eigenvalue weighted by atomic mass is 9.95. The van der Waals surface area contributed by atoms with Gasteiger partial charge in [-0.15, -0.1) is 0 Å². The number of carbonyl (C=O) groups excluding carboxylic acids is 1. The summed E-state index contributed by atoms with van der Waals surface area (Å²) in [6.45, 7) is 5.56. The van der Waals surface area contributed by atoms with Crippen molar-refractivity contribution < 1.29 is 9.53 Å². The third-order valence-corrected chi connectivity index (χ3v) is 6.44.